The van der Waals surface area contributed by atoms with Gasteiger partial charge in [0.15, 0.2) is 5.70 Å². The molecule has 1 saturated heterocycles. The van der Waals surface area contributed by atoms with Crippen LogP contribution in [0.25, 0.3) is 0 Å². The summed E-state index contributed by atoms with van der Waals surface area (Å²) < 4.78 is 0.209. The van der Waals surface area contributed by atoms with E-state index in [2.05, 4.69) is 10.6 Å². The smallest absolute Gasteiger partial charge is 0.354 e. The Hall–Kier alpha value is -1.73. The van der Waals surface area contributed by atoms with Crippen molar-refractivity contribution in [3.8, 4) is 0 Å². The van der Waals surface area contributed by atoms with Crippen LogP contribution < -0.4 is 10.6 Å². The topological polar surface area (TPSA) is 116 Å². The van der Waals surface area contributed by atoms with Gasteiger partial charge in [0.25, 0.3) is 5.91 Å². The molecule has 1 unspecified atom stereocenters. The van der Waals surface area contributed by atoms with Crippen LogP contribution in [0.2, 0.25) is 0 Å². The number of amides is 3. The SMILES string of the molecule is O=C(CSc1ccccc1)NC1=C(C(=O)O)N2C(=O)C(NC(=O)CI)[C@@H]2SC1. The van der Waals surface area contributed by atoms with E-state index < -0.39 is 23.3 Å². The molecule has 1 aromatic carbocycles. The number of β-lactam (4-membered cyclic amide) rings is 1. The molecule has 0 aliphatic carbocycles. The summed E-state index contributed by atoms with van der Waals surface area (Å²) in [5.74, 6) is -2.05. The lowest BCUT2D eigenvalue weighted by Crippen LogP contribution is -2.71. The molecule has 0 aromatic heterocycles. The Bertz CT molecular complexity index is 848. The summed E-state index contributed by atoms with van der Waals surface area (Å²) in [6, 6.07) is 8.63. The summed E-state index contributed by atoms with van der Waals surface area (Å²) in [5.41, 5.74) is -0.0359. The van der Waals surface area contributed by atoms with E-state index in [0.717, 1.165) is 9.80 Å². The van der Waals surface area contributed by atoms with Gasteiger partial charge in [-0.1, -0.05) is 40.8 Å². The van der Waals surface area contributed by atoms with Crippen LogP contribution >= 0.6 is 46.1 Å². The Morgan fingerprint density at radius 2 is 1.96 bits per heavy atom. The number of hydrogen-bond acceptors (Lipinski definition) is 6. The summed E-state index contributed by atoms with van der Waals surface area (Å²) in [6.07, 6.45) is 0. The number of carboxylic acid groups (broad SMARTS) is 1. The number of hydrogen-bond donors (Lipinski definition) is 3. The molecule has 0 spiro atoms. The first-order valence-corrected chi connectivity index (χ1v) is 11.7. The molecule has 0 saturated carbocycles. The number of aliphatic carboxylic acids is 1. The Morgan fingerprint density at radius 1 is 1.25 bits per heavy atom. The lowest BCUT2D eigenvalue weighted by molar-refractivity contribution is -0.150. The van der Waals surface area contributed by atoms with Gasteiger partial charge < -0.3 is 15.7 Å². The Morgan fingerprint density at radius 3 is 2.61 bits per heavy atom. The van der Waals surface area contributed by atoms with E-state index in [0.29, 0.717) is 0 Å². The summed E-state index contributed by atoms with van der Waals surface area (Å²) in [6.45, 7) is 0. The molecule has 11 heteroatoms. The molecule has 2 atom stereocenters. The van der Waals surface area contributed by atoms with Crippen LogP contribution in [-0.2, 0) is 19.2 Å². The Balaban J connectivity index is 1.68. The molecule has 28 heavy (non-hydrogen) atoms. The number of carbonyl (C=O) groups is 4. The number of thioether (sulfide) groups is 2. The van der Waals surface area contributed by atoms with Gasteiger partial charge >= 0.3 is 5.97 Å². The fourth-order valence-corrected chi connectivity index (χ4v) is 5.02. The third-order valence-corrected chi connectivity index (χ3v) is 7.00. The minimum Gasteiger partial charge on any atom is -0.477 e. The minimum absolute atomic E-state index is 0.122. The lowest BCUT2D eigenvalue weighted by atomic mass is 10.0. The minimum atomic E-state index is -1.29. The van der Waals surface area contributed by atoms with Crippen LogP contribution in [0.15, 0.2) is 46.6 Å². The predicted octanol–water partition coefficient (Wildman–Crippen LogP) is 1.03. The highest BCUT2D eigenvalue weighted by Gasteiger charge is 2.54. The number of carbonyl (C=O) groups excluding carboxylic acids is 3. The van der Waals surface area contributed by atoms with E-state index in [1.807, 2.05) is 52.9 Å². The zero-order chi connectivity index (χ0) is 20.3. The van der Waals surface area contributed by atoms with Crippen LogP contribution in [0, 0.1) is 0 Å². The first-order valence-electron chi connectivity index (χ1n) is 8.16. The van der Waals surface area contributed by atoms with Crippen molar-refractivity contribution in [3.05, 3.63) is 41.7 Å². The van der Waals surface area contributed by atoms with Crippen LogP contribution in [0.1, 0.15) is 0 Å². The monoisotopic (exact) mass is 533 g/mol. The average Bonchev–Trinajstić information content (AvgIpc) is 2.70. The second-order valence-electron chi connectivity index (χ2n) is 5.87. The molecule has 1 aromatic rings. The number of nitrogens with one attached hydrogen (secondary N) is 2. The van der Waals surface area contributed by atoms with Gasteiger partial charge in [0, 0.05) is 10.6 Å². The first kappa shape index (κ1) is 21.0. The number of benzene rings is 1. The largest absolute Gasteiger partial charge is 0.477 e. The number of carboxylic acids is 1. The summed E-state index contributed by atoms with van der Waals surface area (Å²) in [4.78, 5) is 50.0. The summed E-state index contributed by atoms with van der Waals surface area (Å²) >= 11 is 4.53. The number of rotatable bonds is 7. The molecule has 0 bridgehead atoms. The fraction of sp³-hybridized carbons (Fsp3) is 0.294. The molecule has 2 heterocycles. The van der Waals surface area contributed by atoms with E-state index in [-0.39, 0.29) is 39.1 Å². The fourth-order valence-electron chi connectivity index (χ4n) is 2.80. The van der Waals surface area contributed by atoms with Crippen molar-refractivity contribution in [2.45, 2.75) is 16.3 Å². The molecule has 3 rings (SSSR count). The number of halogens is 1. The van der Waals surface area contributed by atoms with E-state index in [1.54, 1.807) is 0 Å². The second-order valence-corrected chi connectivity index (χ2v) is 8.79. The van der Waals surface area contributed by atoms with Gasteiger partial charge in [-0.3, -0.25) is 19.3 Å². The Kier molecular flexibility index (Phi) is 6.88. The maximum atomic E-state index is 12.4. The molecular weight excluding hydrogens is 517 g/mol. The highest BCUT2D eigenvalue weighted by molar-refractivity contribution is 14.1. The molecule has 3 N–H and O–H groups in total. The molecule has 2 aliphatic rings. The summed E-state index contributed by atoms with van der Waals surface area (Å²) in [7, 11) is 0. The van der Waals surface area contributed by atoms with E-state index in [4.69, 9.17) is 0 Å². The van der Waals surface area contributed by atoms with Gasteiger partial charge in [0.1, 0.15) is 11.4 Å². The highest BCUT2D eigenvalue weighted by atomic mass is 127. The van der Waals surface area contributed by atoms with E-state index >= 15 is 0 Å². The van der Waals surface area contributed by atoms with Crippen molar-refractivity contribution < 1.29 is 24.3 Å². The highest BCUT2D eigenvalue weighted by Crippen LogP contribution is 2.39. The Labute approximate surface area is 183 Å². The molecular formula is C17H16IN3O5S2. The van der Waals surface area contributed by atoms with Crippen LogP contribution in [-0.4, -0.2) is 61.0 Å². The van der Waals surface area contributed by atoms with Gasteiger partial charge in [0.05, 0.1) is 15.9 Å². The van der Waals surface area contributed by atoms with Crippen molar-refractivity contribution in [2.75, 3.05) is 15.9 Å². The van der Waals surface area contributed by atoms with Crippen molar-refractivity contribution in [1.29, 1.82) is 0 Å². The van der Waals surface area contributed by atoms with Gasteiger partial charge in [-0.15, -0.1) is 23.5 Å². The molecule has 0 radical (unpaired) electrons. The number of nitrogens with zero attached hydrogens (tertiary/aromatic N) is 1. The summed E-state index contributed by atoms with van der Waals surface area (Å²) in [5, 5.41) is 14.3. The zero-order valence-corrected chi connectivity index (χ0v) is 18.2. The maximum Gasteiger partial charge on any atom is 0.354 e. The normalized spacial score (nSPS) is 20.9. The first-order chi connectivity index (χ1) is 13.4. The quantitative estimate of drug-likeness (QED) is 0.208. The van der Waals surface area contributed by atoms with Crippen LogP contribution in [0.5, 0.6) is 0 Å². The van der Waals surface area contributed by atoms with Crippen molar-refractivity contribution in [1.82, 2.24) is 15.5 Å². The van der Waals surface area contributed by atoms with Gasteiger partial charge in [0.2, 0.25) is 11.8 Å². The predicted molar refractivity (Wildman–Crippen MR) is 114 cm³/mol. The van der Waals surface area contributed by atoms with Crippen LogP contribution in [0.4, 0.5) is 0 Å². The molecule has 2 aliphatic heterocycles. The second kappa shape index (κ2) is 9.18. The lowest BCUT2D eigenvalue weighted by Gasteiger charge is -2.49. The van der Waals surface area contributed by atoms with Crippen molar-refractivity contribution in [3.63, 3.8) is 0 Å². The van der Waals surface area contributed by atoms with Crippen LogP contribution in [0.3, 0.4) is 0 Å². The van der Waals surface area contributed by atoms with E-state index in [9.17, 15) is 24.3 Å². The third-order valence-electron chi connectivity index (χ3n) is 4.01. The number of fused-ring (bicyclic) bond motifs is 1. The molecule has 148 valence electrons. The maximum absolute atomic E-state index is 12.4. The standard InChI is InChI=1S/C17H16IN3O5S2/c18-6-11(22)20-13-15(24)21-14(17(25)26)10(7-28-16(13)21)19-12(23)8-27-9-4-2-1-3-5-9/h1-5,13,16H,6-8H2,(H,19,23)(H,20,22)(H,25,26)/t13?,16-/m0/s1. The third kappa shape index (κ3) is 4.46. The van der Waals surface area contributed by atoms with Crippen molar-refractivity contribution >= 4 is 69.8 Å². The van der Waals surface area contributed by atoms with Gasteiger partial charge in [-0.25, -0.2) is 4.79 Å². The average molecular weight is 533 g/mol. The number of alkyl halides is 1. The molecule has 3 amide bonds. The van der Waals surface area contributed by atoms with Crippen molar-refractivity contribution in [2.24, 2.45) is 0 Å². The zero-order valence-electron chi connectivity index (χ0n) is 14.4. The van der Waals surface area contributed by atoms with E-state index in [1.165, 1.54) is 23.5 Å². The van der Waals surface area contributed by atoms with Gasteiger partial charge in [-0.05, 0) is 12.1 Å². The van der Waals surface area contributed by atoms with Gasteiger partial charge in [-0.2, -0.15) is 0 Å². The molecule has 1 fully saturated rings. The molecule has 8 nitrogen and oxygen atoms in total.